The molecule has 1 atom stereocenters. The van der Waals surface area contributed by atoms with Crippen molar-refractivity contribution >= 4 is 22.8 Å². The smallest absolute Gasteiger partial charge is 0.265 e. The van der Waals surface area contributed by atoms with Crippen molar-refractivity contribution in [2.75, 3.05) is 37.0 Å². The van der Waals surface area contributed by atoms with Crippen LogP contribution in [0, 0.1) is 0 Å². The average molecular weight is 370 g/mol. The molecule has 1 saturated heterocycles. The summed E-state index contributed by atoms with van der Waals surface area (Å²) in [6.07, 6.45) is 5.57. The maximum Gasteiger partial charge on any atom is 0.265 e. The van der Waals surface area contributed by atoms with Crippen molar-refractivity contribution in [3.8, 4) is 0 Å². The molecular weight excluding hydrogens is 344 g/mol. The van der Waals surface area contributed by atoms with Crippen molar-refractivity contribution in [3.05, 3.63) is 18.4 Å². The third kappa shape index (κ3) is 3.22. The lowest BCUT2D eigenvalue weighted by molar-refractivity contribution is 0.333. The number of hydrogen-bond acceptors (Lipinski definition) is 8. The minimum Gasteiger partial charge on any atom is -0.355 e. The van der Waals surface area contributed by atoms with E-state index in [1.54, 1.807) is 6.33 Å². The molecule has 4 rings (SSSR count). The Hall–Kier alpha value is -2.71. The van der Waals surface area contributed by atoms with Crippen LogP contribution in [0.1, 0.15) is 45.4 Å². The summed E-state index contributed by atoms with van der Waals surface area (Å²) in [6, 6.07) is 0. The highest BCUT2D eigenvalue weighted by Gasteiger charge is 2.29. The van der Waals surface area contributed by atoms with E-state index in [1.807, 2.05) is 29.9 Å². The molecular formula is C18H26N8O. The quantitative estimate of drug-likeness (QED) is 0.694. The zero-order chi connectivity index (χ0) is 19.2. The van der Waals surface area contributed by atoms with E-state index in [2.05, 4.69) is 50.9 Å². The van der Waals surface area contributed by atoms with Gasteiger partial charge in [0.1, 0.15) is 12.1 Å². The lowest BCUT2D eigenvalue weighted by Gasteiger charge is -2.32. The van der Waals surface area contributed by atoms with Gasteiger partial charge in [0.25, 0.3) is 5.95 Å². The fourth-order valence-corrected chi connectivity index (χ4v) is 3.52. The van der Waals surface area contributed by atoms with Gasteiger partial charge in [-0.3, -0.25) is 0 Å². The number of fused-ring (bicyclic) bond motifs is 1. The predicted molar refractivity (Wildman–Crippen MR) is 103 cm³/mol. The van der Waals surface area contributed by atoms with Crippen LogP contribution in [-0.2, 0) is 5.54 Å². The van der Waals surface area contributed by atoms with E-state index in [0.717, 1.165) is 42.8 Å². The largest absolute Gasteiger partial charge is 0.355 e. The molecule has 9 heteroatoms. The second kappa shape index (κ2) is 6.47. The van der Waals surface area contributed by atoms with Crippen LogP contribution in [0.4, 0.5) is 11.8 Å². The van der Waals surface area contributed by atoms with Crippen molar-refractivity contribution in [1.29, 1.82) is 0 Å². The fourth-order valence-electron chi connectivity index (χ4n) is 3.52. The second-order valence-electron chi connectivity index (χ2n) is 8.27. The third-order valence-corrected chi connectivity index (χ3v) is 4.88. The Kier molecular flexibility index (Phi) is 4.24. The molecule has 1 aliphatic heterocycles. The third-order valence-electron chi connectivity index (χ3n) is 4.88. The van der Waals surface area contributed by atoms with Gasteiger partial charge in [0.2, 0.25) is 5.89 Å². The van der Waals surface area contributed by atoms with Crippen LogP contribution >= 0.6 is 0 Å². The second-order valence-corrected chi connectivity index (χ2v) is 8.27. The van der Waals surface area contributed by atoms with Gasteiger partial charge in [-0.15, -0.1) is 0 Å². The molecule has 1 aliphatic rings. The molecule has 0 spiro atoms. The van der Waals surface area contributed by atoms with E-state index in [0.29, 0.717) is 11.8 Å². The van der Waals surface area contributed by atoms with Crippen molar-refractivity contribution in [3.63, 3.8) is 0 Å². The van der Waals surface area contributed by atoms with Crippen LogP contribution in [0.3, 0.4) is 0 Å². The molecule has 0 aromatic carbocycles. The summed E-state index contributed by atoms with van der Waals surface area (Å²) < 4.78 is 7.46. The van der Waals surface area contributed by atoms with E-state index >= 15 is 0 Å². The summed E-state index contributed by atoms with van der Waals surface area (Å²) in [5.41, 5.74) is 0.728. The molecule has 1 unspecified atom stereocenters. The van der Waals surface area contributed by atoms with Crippen LogP contribution in [0.25, 0.3) is 11.0 Å². The van der Waals surface area contributed by atoms with E-state index in [4.69, 9.17) is 4.52 Å². The zero-order valence-electron chi connectivity index (χ0n) is 16.5. The Morgan fingerprint density at radius 1 is 1.22 bits per heavy atom. The first-order valence-corrected chi connectivity index (χ1v) is 9.29. The van der Waals surface area contributed by atoms with Crippen LogP contribution in [-0.4, -0.2) is 57.1 Å². The minimum absolute atomic E-state index is 0.135. The first-order chi connectivity index (χ1) is 12.8. The highest BCUT2D eigenvalue weighted by Crippen LogP contribution is 2.32. The Morgan fingerprint density at radius 3 is 2.74 bits per heavy atom. The molecule has 1 fully saturated rings. The van der Waals surface area contributed by atoms with Gasteiger partial charge in [-0.25, -0.2) is 14.6 Å². The van der Waals surface area contributed by atoms with Gasteiger partial charge >= 0.3 is 0 Å². The topological polar surface area (TPSA) is 89.0 Å². The number of piperidine rings is 1. The van der Waals surface area contributed by atoms with E-state index < -0.39 is 0 Å². The summed E-state index contributed by atoms with van der Waals surface area (Å²) in [5, 5.41) is 9.59. The maximum absolute atomic E-state index is 5.51. The first kappa shape index (κ1) is 17.7. The summed E-state index contributed by atoms with van der Waals surface area (Å²) in [6.45, 7) is 8.10. The van der Waals surface area contributed by atoms with Crippen molar-refractivity contribution in [2.24, 2.45) is 0 Å². The molecule has 4 heterocycles. The monoisotopic (exact) mass is 370 g/mol. The summed E-state index contributed by atoms with van der Waals surface area (Å²) in [7, 11) is 3.82. The Labute approximate surface area is 158 Å². The van der Waals surface area contributed by atoms with Crippen LogP contribution in [0.15, 0.2) is 17.0 Å². The Bertz CT molecular complexity index is 938. The maximum atomic E-state index is 5.51. The SMILES string of the molecule is CN(C)c1noc(C2CCCN(c3ncnc4c3cnn4C(C)(C)C)C2)n1. The van der Waals surface area contributed by atoms with Gasteiger partial charge in [0.15, 0.2) is 5.65 Å². The van der Waals surface area contributed by atoms with Crippen LogP contribution in [0.5, 0.6) is 0 Å². The van der Waals surface area contributed by atoms with E-state index in [-0.39, 0.29) is 11.5 Å². The highest BCUT2D eigenvalue weighted by atomic mass is 16.5. The van der Waals surface area contributed by atoms with Crippen LogP contribution < -0.4 is 9.80 Å². The number of rotatable bonds is 3. The van der Waals surface area contributed by atoms with Gasteiger partial charge in [-0.05, 0) is 38.8 Å². The van der Waals surface area contributed by atoms with E-state index in [1.165, 1.54) is 0 Å². The zero-order valence-corrected chi connectivity index (χ0v) is 16.5. The van der Waals surface area contributed by atoms with Crippen molar-refractivity contribution in [2.45, 2.75) is 45.1 Å². The number of anilines is 2. The summed E-state index contributed by atoms with van der Waals surface area (Å²) in [4.78, 5) is 17.7. The van der Waals surface area contributed by atoms with Gasteiger partial charge in [-0.2, -0.15) is 10.1 Å². The predicted octanol–water partition coefficient (Wildman–Crippen LogP) is 2.41. The van der Waals surface area contributed by atoms with Crippen LogP contribution in [0.2, 0.25) is 0 Å². The standard InChI is InChI=1S/C18H26N8O/c1-18(2,3)26-15-13(9-21-26)14(19-11-20-15)25-8-6-7-12(10-25)16-22-17(23-27-16)24(4)5/h9,11-12H,6-8,10H2,1-5H3. The average Bonchev–Trinajstić information content (AvgIpc) is 3.28. The molecule has 0 amide bonds. The molecule has 27 heavy (non-hydrogen) atoms. The molecule has 0 saturated carbocycles. The van der Waals surface area contributed by atoms with Gasteiger partial charge in [0.05, 0.1) is 23.0 Å². The Balaban J connectivity index is 1.64. The highest BCUT2D eigenvalue weighted by molar-refractivity contribution is 5.86. The Morgan fingerprint density at radius 2 is 2.04 bits per heavy atom. The molecule has 0 radical (unpaired) electrons. The number of aromatic nitrogens is 6. The van der Waals surface area contributed by atoms with Crippen molar-refractivity contribution in [1.82, 2.24) is 29.9 Å². The summed E-state index contributed by atoms with van der Waals surface area (Å²) in [5.74, 6) is 2.42. The molecule has 3 aromatic rings. The van der Waals surface area contributed by atoms with Gasteiger partial charge in [-0.1, -0.05) is 0 Å². The molecule has 0 N–H and O–H groups in total. The normalized spacial score (nSPS) is 18.3. The lowest BCUT2D eigenvalue weighted by Crippen LogP contribution is -2.35. The lowest BCUT2D eigenvalue weighted by atomic mass is 9.98. The molecule has 0 aliphatic carbocycles. The number of hydrogen-bond donors (Lipinski definition) is 0. The summed E-state index contributed by atoms with van der Waals surface area (Å²) >= 11 is 0. The first-order valence-electron chi connectivity index (χ1n) is 9.29. The number of nitrogens with zero attached hydrogens (tertiary/aromatic N) is 8. The van der Waals surface area contributed by atoms with Gasteiger partial charge in [0, 0.05) is 27.2 Å². The van der Waals surface area contributed by atoms with E-state index in [9.17, 15) is 0 Å². The van der Waals surface area contributed by atoms with Gasteiger partial charge < -0.3 is 14.3 Å². The minimum atomic E-state index is -0.135. The molecule has 0 bridgehead atoms. The van der Waals surface area contributed by atoms with Crippen molar-refractivity contribution < 1.29 is 4.52 Å². The fraction of sp³-hybridized carbons (Fsp3) is 0.611. The molecule has 3 aromatic heterocycles. The molecule has 9 nitrogen and oxygen atoms in total. The molecule has 144 valence electrons.